The number of hydrogen-bond donors (Lipinski definition) is 2. The molecule has 2 heterocycles. The molecular formula is C21H27N3O2. The van der Waals surface area contributed by atoms with E-state index in [4.69, 9.17) is 0 Å². The maximum absolute atomic E-state index is 12.8. The summed E-state index contributed by atoms with van der Waals surface area (Å²) in [5.74, 6) is 0.431. The number of hydrogen-bond acceptors (Lipinski definition) is 4. The molecule has 0 unspecified atom stereocenters. The zero-order chi connectivity index (χ0) is 18.1. The van der Waals surface area contributed by atoms with E-state index in [1.54, 1.807) is 0 Å². The molecule has 2 N–H and O–H groups in total. The van der Waals surface area contributed by atoms with Crippen molar-refractivity contribution < 1.29 is 9.90 Å². The number of allylic oxidation sites excluding steroid dienone is 1. The van der Waals surface area contributed by atoms with Gasteiger partial charge in [-0.2, -0.15) is 0 Å². The average Bonchev–Trinajstić information content (AvgIpc) is 3.42. The van der Waals surface area contributed by atoms with Gasteiger partial charge in [0.15, 0.2) is 0 Å². The number of β-amino-alcohol motifs (C(OH)–C–C–N with tert-alkyl or cyclic N) is 1. The van der Waals surface area contributed by atoms with Crippen LogP contribution in [0.2, 0.25) is 0 Å². The Morgan fingerprint density at radius 1 is 1.27 bits per heavy atom. The van der Waals surface area contributed by atoms with Crippen molar-refractivity contribution in [3.8, 4) is 0 Å². The summed E-state index contributed by atoms with van der Waals surface area (Å²) in [7, 11) is 1.95. The van der Waals surface area contributed by atoms with Crippen molar-refractivity contribution in [2.75, 3.05) is 26.7 Å². The van der Waals surface area contributed by atoms with E-state index < -0.39 is 0 Å². The first-order valence-electron chi connectivity index (χ1n) is 9.53. The summed E-state index contributed by atoms with van der Waals surface area (Å²) in [6.07, 6.45) is 6.70. The second-order valence-electron chi connectivity index (χ2n) is 7.61. The van der Waals surface area contributed by atoms with Crippen molar-refractivity contribution in [1.82, 2.24) is 15.1 Å². The molecule has 1 aromatic rings. The maximum Gasteiger partial charge on any atom is 0.267 e. The van der Waals surface area contributed by atoms with Crippen LogP contribution in [0.5, 0.6) is 0 Å². The molecule has 2 fully saturated rings. The Hall–Kier alpha value is -2.27. The summed E-state index contributed by atoms with van der Waals surface area (Å²) in [6, 6.07) is 10.6. The zero-order valence-electron chi connectivity index (χ0n) is 15.3. The highest BCUT2D eigenvalue weighted by Crippen LogP contribution is 2.40. The molecule has 0 aromatic heterocycles. The smallest absolute Gasteiger partial charge is 0.267 e. The number of nitrogens with one attached hydrogen (secondary N) is 1. The summed E-state index contributed by atoms with van der Waals surface area (Å²) in [5, 5.41) is 13.1. The number of aliphatic hydroxyl groups excluding tert-OH is 1. The van der Waals surface area contributed by atoms with Gasteiger partial charge in [0.2, 0.25) is 0 Å². The van der Waals surface area contributed by atoms with Crippen LogP contribution in [-0.4, -0.2) is 59.6 Å². The lowest BCUT2D eigenvalue weighted by molar-refractivity contribution is -0.119. The Balaban J connectivity index is 1.41. The summed E-state index contributed by atoms with van der Waals surface area (Å²) in [4.78, 5) is 17.0. The Morgan fingerprint density at radius 2 is 2.08 bits per heavy atom. The van der Waals surface area contributed by atoms with E-state index in [9.17, 15) is 9.90 Å². The van der Waals surface area contributed by atoms with Crippen LogP contribution in [0.1, 0.15) is 30.7 Å². The normalized spacial score (nSPS) is 28.3. The van der Waals surface area contributed by atoms with Gasteiger partial charge in [-0.15, -0.1) is 0 Å². The van der Waals surface area contributed by atoms with E-state index in [2.05, 4.69) is 28.4 Å². The van der Waals surface area contributed by atoms with Gasteiger partial charge in [-0.1, -0.05) is 30.3 Å². The topological polar surface area (TPSA) is 55.8 Å². The summed E-state index contributed by atoms with van der Waals surface area (Å²) >= 11 is 0. The van der Waals surface area contributed by atoms with Crippen LogP contribution in [-0.2, 0) is 4.79 Å². The highest BCUT2D eigenvalue weighted by Gasteiger charge is 2.40. The zero-order valence-corrected chi connectivity index (χ0v) is 15.3. The standard InChI is InChI=1S/C21H27N3O2/c1-23-11-9-16(24-10-5-8-17(25)14-24)12-20(23)21(26)22-19-13-18(19)15-6-3-2-4-7-15/h2-4,6-7,9,12,17-19,25H,5,8,10-11,13-14H2,1H3,(H,22,26)/t17-,18-,19+/m0/s1. The number of likely N-dealkylation sites (tertiary alicyclic amines) is 1. The van der Waals surface area contributed by atoms with Crippen LogP contribution >= 0.6 is 0 Å². The lowest BCUT2D eigenvalue weighted by atomic mass is 10.1. The van der Waals surface area contributed by atoms with E-state index in [0.717, 1.165) is 31.5 Å². The lowest BCUT2D eigenvalue weighted by Gasteiger charge is -2.35. The van der Waals surface area contributed by atoms with Gasteiger partial charge in [-0.3, -0.25) is 4.79 Å². The van der Waals surface area contributed by atoms with Crippen LogP contribution in [0.3, 0.4) is 0 Å². The van der Waals surface area contributed by atoms with Gasteiger partial charge >= 0.3 is 0 Å². The molecule has 0 radical (unpaired) electrons. The molecule has 3 aliphatic rings. The molecule has 5 heteroatoms. The Bertz CT molecular complexity index is 728. The third kappa shape index (κ3) is 3.63. The summed E-state index contributed by atoms with van der Waals surface area (Å²) in [5.41, 5.74) is 3.07. The highest BCUT2D eigenvalue weighted by atomic mass is 16.3. The number of rotatable bonds is 4. The van der Waals surface area contributed by atoms with Gasteiger partial charge in [0, 0.05) is 44.3 Å². The predicted octanol–water partition coefficient (Wildman–Crippen LogP) is 1.83. The van der Waals surface area contributed by atoms with Crippen molar-refractivity contribution in [3.05, 3.63) is 59.4 Å². The molecule has 1 amide bonds. The average molecular weight is 353 g/mol. The predicted molar refractivity (Wildman–Crippen MR) is 101 cm³/mol. The van der Waals surface area contributed by atoms with Gasteiger partial charge in [-0.25, -0.2) is 0 Å². The van der Waals surface area contributed by atoms with Crippen LogP contribution in [0.25, 0.3) is 0 Å². The van der Waals surface area contributed by atoms with Crippen LogP contribution in [0, 0.1) is 0 Å². The molecular weight excluding hydrogens is 326 g/mol. The van der Waals surface area contributed by atoms with Crippen molar-refractivity contribution in [1.29, 1.82) is 0 Å². The fourth-order valence-corrected chi connectivity index (χ4v) is 3.95. The summed E-state index contributed by atoms with van der Waals surface area (Å²) in [6.45, 7) is 2.31. The van der Waals surface area contributed by atoms with Crippen molar-refractivity contribution in [2.24, 2.45) is 0 Å². The van der Waals surface area contributed by atoms with Crippen molar-refractivity contribution >= 4 is 5.91 Å². The van der Waals surface area contributed by atoms with Gasteiger partial charge in [0.1, 0.15) is 5.70 Å². The van der Waals surface area contributed by atoms with Gasteiger partial charge in [-0.05, 0) is 37.0 Å². The molecule has 5 nitrogen and oxygen atoms in total. The minimum Gasteiger partial charge on any atom is -0.391 e. The van der Waals surface area contributed by atoms with Gasteiger partial charge in [0.05, 0.1) is 6.10 Å². The minimum atomic E-state index is -0.270. The number of amides is 1. The third-order valence-electron chi connectivity index (χ3n) is 5.60. The second-order valence-corrected chi connectivity index (χ2v) is 7.61. The Morgan fingerprint density at radius 3 is 2.85 bits per heavy atom. The number of piperidine rings is 1. The molecule has 0 spiro atoms. The lowest BCUT2D eigenvalue weighted by Crippen LogP contribution is -2.41. The molecule has 3 atom stereocenters. The molecule has 1 aromatic carbocycles. The van der Waals surface area contributed by atoms with Crippen molar-refractivity contribution in [2.45, 2.75) is 37.3 Å². The number of likely N-dealkylation sites (N-methyl/N-ethyl adjacent to an activating group) is 1. The number of carbonyl (C=O) groups is 1. The minimum absolute atomic E-state index is 0.000843. The number of carbonyl (C=O) groups excluding carboxylic acids is 1. The molecule has 0 bridgehead atoms. The first kappa shape index (κ1) is 17.2. The highest BCUT2D eigenvalue weighted by molar-refractivity contribution is 5.94. The van der Waals surface area contributed by atoms with Crippen LogP contribution < -0.4 is 5.32 Å². The van der Waals surface area contributed by atoms with Crippen LogP contribution in [0.15, 0.2) is 53.9 Å². The fraction of sp³-hybridized carbons (Fsp3) is 0.476. The largest absolute Gasteiger partial charge is 0.391 e. The van der Waals surface area contributed by atoms with E-state index >= 15 is 0 Å². The second kappa shape index (κ2) is 7.16. The molecule has 1 saturated carbocycles. The molecule has 4 rings (SSSR count). The number of nitrogens with zero attached hydrogens (tertiary/aromatic N) is 2. The Labute approximate surface area is 155 Å². The third-order valence-corrected chi connectivity index (χ3v) is 5.60. The Kier molecular flexibility index (Phi) is 4.72. The summed E-state index contributed by atoms with van der Waals surface area (Å²) < 4.78 is 0. The number of benzene rings is 1. The molecule has 1 aliphatic carbocycles. The SMILES string of the molecule is CN1CC=C(N2CCC[C@H](O)C2)C=C1C(=O)N[C@@H]1C[C@H]1c1ccccc1. The monoisotopic (exact) mass is 353 g/mol. The maximum atomic E-state index is 12.8. The quantitative estimate of drug-likeness (QED) is 0.867. The molecule has 2 aliphatic heterocycles. The molecule has 1 saturated heterocycles. The molecule has 138 valence electrons. The van der Waals surface area contributed by atoms with Gasteiger partial charge in [0.25, 0.3) is 5.91 Å². The number of aliphatic hydroxyl groups is 1. The van der Waals surface area contributed by atoms with E-state index in [-0.39, 0.29) is 18.1 Å². The van der Waals surface area contributed by atoms with Crippen LogP contribution in [0.4, 0.5) is 0 Å². The first-order valence-corrected chi connectivity index (χ1v) is 9.53. The molecule has 26 heavy (non-hydrogen) atoms. The van der Waals surface area contributed by atoms with E-state index in [1.807, 2.05) is 36.2 Å². The fourth-order valence-electron chi connectivity index (χ4n) is 3.95. The van der Waals surface area contributed by atoms with Gasteiger partial charge < -0.3 is 20.2 Å². The van der Waals surface area contributed by atoms with Crippen molar-refractivity contribution in [3.63, 3.8) is 0 Å². The first-order chi connectivity index (χ1) is 12.6. The van der Waals surface area contributed by atoms with E-state index in [1.165, 1.54) is 5.56 Å². The van der Waals surface area contributed by atoms with E-state index in [0.29, 0.717) is 24.7 Å².